The largest absolute Gasteiger partial charge is 0.416 e. The highest BCUT2D eigenvalue weighted by Gasteiger charge is 2.34. The molecule has 1 aromatic rings. The third-order valence-electron chi connectivity index (χ3n) is 4.64. The van der Waals surface area contributed by atoms with Crippen molar-refractivity contribution in [2.75, 3.05) is 31.1 Å². The Balaban J connectivity index is 2.00. The molecule has 5 nitrogen and oxygen atoms in total. The fraction of sp³-hybridized carbons (Fsp3) is 0.529. The van der Waals surface area contributed by atoms with Gasteiger partial charge in [0.15, 0.2) is 0 Å². The molecule has 0 saturated carbocycles. The summed E-state index contributed by atoms with van der Waals surface area (Å²) in [5, 5.41) is 3.14. The van der Waals surface area contributed by atoms with E-state index in [0.717, 1.165) is 12.1 Å². The second kappa shape index (κ2) is 6.67. The van der Waals surface area contributed by atoms with Crippen molar-refractivity contribution in [3.05, 3.63) is 29.3 Å². The smallest absolute Gasteiger partial charge is 0.333 e. The number of alkyl halides is 3. The van der Waals surface area contributed by atoms with E-state index < -0.39 is 17.6 Å². The van der Waals surface area contributed by atoms with Gasteiger partial charge in [0.1, 0.15) is 0 Å². The predicted molar refractivity (Wildman–Crippen MR) is 86.4 cm³/mol. The second-order valence-electron chi connectivity index (χ2n) is 6.47. The third-order valence-corrected chi connectivity index (χ3v) is 4.64. The van der Waals surface area contributed by atoms with E-state index in [1.165, 1.54) is 11.0 Å². The highest BCUT2D eigenvalue weighted by atomic mass is 19.4. The maximum absolute atomic E-state index is 13.3. The molecule has 0 aromatic heterocycles. The molecule has 2 fully saturated rings. The summed E-state index contributed by atoms with van der Waals surface area (Å²) in [6.07, 6.45) is -3.66. The van der Waals surface area contributed by atoms with Crippen LogP contribution >= 0.6 is 0 Å². The first kappa shape index (κ1) is 17.7. The summed E-state index contributed by atoms with van der Waals surface area (Å²) < 4.78 is 39.8. The molecule has 2 aliphatic heterocycles. The summed E-state index contributed by atoms with van der Waals surface area (Å²) in [7, 11) is 0. The van der Waals surface area contributed by atoms with Gasteiger partial charge in [0.25, 0.3) is 5.91 Å². The Hall–Kier alpha value is -2.09. The molecule has 25 heavy (non-hydrogen) atoms. The first-order valence-electron chi connectivity index (χ1n) is 8.31. The maximum atomic E-state index is 13.3. The van der Waals surface area contributed by atoms with Crippen molar-refractivity contribution < 1.29 is 22.8 Å². The highest BCUT2D eigenvalue weighted by molar-refractivity contribution is 5.99. The Morgan fingerprint density at radius 1 is 1.24 bits per heavy atom. The maximum Gasteiger partial charge on any atom is 0.416 e. The normalized spacial score (nSPS) is 21.8. The van der Waals surface area contributed by atoms with Crippen molar-refractivity contribution in [3.8, 4) is 0 Å². The van der Waals surface area contributed by atoms with Crippen LogP contribution in [0.4, 0.5) is 18.9 Å². The first-order valence-corrected chi connectivity index (χ1v) is 8.31. The minimum atomic E-state index is -4.58. The van der Waals surface area contributed by atoms with Crippen molar-refractivity contribution in [1.82, 2.24) is 10.2 Å². The van der Waals surface area contributed by atoms with E-state index in [1.807, 2.05) is 6.92 Å². The van der Waals surface area contributed by atoms with Gasteiger partial charge in [0.05, 0.1) is 5.56 Å². The Morgan fingerprint density at radius 3 is 2.60 bits per heavy atom. The van der Waals surface area contributed by atoms with E-state index in [1.54, 1.807) is 4.90 Å². The topological polar surface area (TPSA) is 52.7 Å². The van der Waals surface area contributed by atoms with E-state index in [9.17, 15) is 22.8 Å². The van der Waals surface area contributed by atoms with Crippen LogP contribution in [-0.4, -0.2) is 48.9 Å². The van der Waals surface area contributed by atoms with Gasteiger partial charge in [-0.15, -0.1) is 0 Å². The quantitative estimate of drug-likeness (QED) is 0.886. The van der Waals surface area contributed by atoms with E-state index in [0.29, 0.717) is 39.0 Å². The molecule has 2 aliphatic rings. The number of piperazine rings is 1. The van der Waals surface area contributed by atoms with Gasteiger partial charge in [-0.25, -0.2) is 0 Å². The molecule has 8 heteroatoms. The molecule has 0 spiro atoms. The van der Waals surface area contributed by atoms with Crippen LogP contribution in [-0.2, 0) is 11.0 Å². The van der Waals surface area contributed by atoms with Crippen LogP contribution in [0.15, 0.2) is 18.2 Å². The molecule has 136 valence electrons. The molecule has 0 radical (unpaired) electrons. The number of benzene rings is 1. The van der Waals surface area contributed by atoms with E-state index >= 15 is 0 Å². The van der Waals surface area contributed by atoms with Gasteiger partial charge in [0.2, 0.25) is 5.91 Å². The van der Waals surface area contributed by atoms with Crippen LogP contribution in [0.3, 0.4) is 0 Å². The van der Waals surface area contributed by atoms with Gasteiger partial charge >= 0.3 is 6.18 Å². The fourth-order valence-electron chi connectivity index (χ4n) is 3.28. The number of hydrogen-bond acceptors (Lipinski definition) is 3. The lowest BCUT2D eigenvalue weighted by Gasteiger charge is -2.34. The van der Waals surface area contributed by atoms with Gasteiger partial charge in [-0.05, 0) is 31.5 Å². The van der Waals surface area contributed by atoms with Gasteiger partial charge < -0.3 is 15.1 Å². The van der Waals surface area contributed by atoms with Gasteiger partial charge in [-0.3, -0.25) is 9.59 Å². The van der Waals surface area contributed by atoms with Crippen molar-refractivity contribution in [2.24, 2.45) is 0 Å². The summed E-state index contributed by atoms with van der Waals surface area (Å²) >= 11 is 0. The predicted octanol–water partition coefficient (Wildman–Crippen LogP) is 2.27. The number of halogens is 3. The van der Waals surface area contributed by atoms with Gasteiger partial charge in [0, 0.05) is 49.9 Å². The summed E-state index contributed by atoms with van der Waals surface area (Å²) in [6, 6.07) is 3.12. The average Bonchev–Trinajstić information content (AvgIpc) is 2.99. The van der Waals surface area contributed by atoms with E-state index in [-0.39, 0.29) is 23.2 Å². The summed E-state index contributed by atoms with van der Waals surface area (Å²) in [5.74, 6) is -0.652. The van der Waals surface area contributed by atoms with Crippen LogP contribution in [0, 0.1) is 0 Å². The number of nitrogens with zero attached hydrogens (tertiary/aromatic N) is 2. The number of hydrogen-bond donors (Lipinski definition) is 1. The van der Waals surface area contributed by atoms with E-state index in [2.05, 4.69) is 5.32 Å². The molecule has 0 unspecified atom stereocenters. The average molecular weight is 355 g/mol. The zero-order valence-electron chi connectivity index (χ0n) is 13.9. The monoisotopic (exact) mass is 355 g/mol. The van der Waals surface area contributed by atoms with Crippen LogP contribution in [0.5, 0.6) is 0 Å². The molecule has 2 saturated heterocycles. The zero-order valence-corrected chi connectivity index (χ0v) is 13.9. The lowest BCUT2D eigenvalue weighted by Crippen LogP contribution is -2.52. The third kappa shape index (κ3) is 3.63. The standard InChI is InChI=1S/C17H20F3N3O2/c1-11-10-21-4-6-22(11)16(25)12-7-13(17(18,19)20)9-14(8-12)23-5-2-3-15(23)24/h7-9,11,21H,2-6,10H2,1H3/t11-/m0/s1. The Labute approximate surface area is 143 Å². The number of amides is 2. The molecule has 1 atom stereocenters. The van der Waals surface area contributed by atoms with Crippen molar-refractivity contribution in [2.45, 2.75) is 32.0 Å². The second-order valence-corrected chi connectivity index (χ2v) is 6.47. The van der Waals surface area contributed by atoms with E-state index in [4.69, 9.17) is 0 Å². The number of anilines is 1. The molecule has 3 rings (SSSR count). The summed E-state index contributed by atoms with van der Waals surface area (Å²) in [6.45, 7) is 3.86. The van der Waals surface area contributed by atoms with Gasteiger partial charge in [-0.1, -0.05) is 0 Å². The Bertz CT molecular complexity index is 690. The van der Waals surface area contributed by atoms with Crippen molar-refractivity contribution in [3.63, 3.8) is 0 Å². The molecule has 1 N–H and O–H groups in total. The van der Waals surface area contributed by atoms with Crippen LogP contribution in [0.25, 0.3) is 0 Å². The van der Waals surface area contributed by atoms with Crippen LogP contribution in [0.2, 0.25) is 0 Å². The van der Waals surface area contributed by atoms with Crippen molar-refractivity contribution >= 4 is 17.5 Å². The summed E-state index contributed by atoms with van der Waals surface area (Å²) in [4.78, 5) is 27.6. The Kier molecular flexibility index (Phi) is 4.73. The van der Waals surface area contributed by atoms with Crippen molar-refractivity contribution in [1.29, 1.82) is 0 Å². The van der Waals surface area contributed by atoms with Crippen LogP contribution < -0.4 is 10.2 Å². The lowest BCUT2D eigenvalue weighted by atomic mass is 10.1. The number of nitrogens with one attached hydrogen (secondary N) is 1. The molecular weight excluding hydrogens is 335 g/mol. The fourth-order valence-corrected chi connectivity index (χ4v) is 3.28. The van der Waals surface area contributed by atoms with Gasteiger partial charge in [-0.2, -0.15) is 13.2 Å². The first-order chi connectivity index (χ1) is 11.8. The molecule has 1 aromatic carbocycles. The highest BCUT2D eigenvalue weighted by Crippen LogP contribution is 2.34. The molecule has 0 aliphatic carbocycles. The molecule has 2 amide bonds. The molecule has 0 bridgehead atoms. The number of carbonyl (C=O) groups excluding carboxylic acids is 2. The molecular formula is C17H20F3N3O2. The minimum Gasteiger partial charge on any atom is -0.333 e. The number of carbonyl (C=O) groups is 2. The minimum absolute atomic E-state index is 0.0294. The number of rotatable bonds is 2. The Morgan fingerprint density at radius 2 is 2.00 bits per heavy atom. The molecule has 2 heterocycles. The lowest BCUT2D eigenvalue weighted by molar-refractivity contribution is -0.137. The van der Waals surface area contributed by atoms with Crippen LogP contribution in [0.1, 0.15) is 35.7 Å². The summed E-state index contributed by atoms with van der Waals surface area (Å²) in [5.41, 5.74) is -0.794. The SMILES string of the molecule is C[C@H]1CNCCN1C(=O)c1cc(N2CCCC2=O)cc(C(F)(F)F)c1. The zero-order chi connectivity index (χ0) is 18.2.